The molecule has 1 aliphatic rings. The maximum absolute atomic E-state index is 12.5. The standard InChI is InChI=1S/C21H26N4O3/c22-20(26)10-15-28-19-8-6-18(7-9-19)23-21(27)25-13-11-24(12-14-25)16-17-4-2-1-3-5-17/h1-9H,10-16H2,(H2,22,26)(H,23,27). The summed E-state index contributed by atoms with van der Waals surface area (Å²) in [6, 6.07) is 17.4. The van der Waals surface area contributed by atoms with E-state index in [-0.39, 0.29) is 19.1 Å². The van der Waals surface area contributed by atoms with Gasteiger partial charge in [0.05, 0.1) is 13.0 Å². The number of carbonyl (C=O) groups excluding carboxylic acids is 2. The molecule has 7 heteroatoms. The first-order valence-electron chi connectivity index (χ1n) is 9.43. The summed E-state index contributed by atoms with van der Waals surface area (Å²) in [6.45, 7) is 4.27. The van der Waals surface area contributed by atoms with E-state index in [2.05, 4.69) is 22.3 Å². The minimum absolute atomic E-state index is 0.0956. The van der Waals surface area contributed by atoms with Crippen molar-refractivity contribution < 1.29 is 14.3 Å². The monoisotopic (exact) mass is 382 g/mol. The highest BCUT2D eigenvalue weighted by Gasteiger charge is 2.21. The molecule has 0 aromatic heterocycles. The molecule has 0 bridgehead atoms. The zero-order valence-electron chi connectivity index (χ0n) is 15.8. The maximum atomic E-state index is 12.5. The Morgan fingerprint density at radius 1 is 0.964 bits per heavy atom. The SMILES string of the molecule is NC(=O)CCOc1ccc(NC(=O)N2CCN(Cc3ccccc3)CC2)cc1. The number of ether oxygens (including phenoxy) is 1. The highest BCUT2D eigenvalue weighted by Crippen LogP contribution is 2.17. The van der Waals surface area contributed by atoms with Crippen LogP contribution in [-0.2, 0) is 11.3 Å². The fourth-order valence-electron chi connectivity index (χ4n) is 3.06. The van der Waals surface area contributed by atoms with Crippen LogP contribution in [0.1, 0.15) is 12.0 Å². The van der Waals surface area contributed by atoms with Gasteiger partial charge in [-0.3, -0.25) is 9.69 Å². The topological polar surface area (TPSA) is 87.9 Å². The molecule has 3 rings (SSSR count). The van der Waals surface area contributed by atoms with Crippen LogP contribution in [0.15, 0.2) is 54.6 Å². The Bertz CT molecular complexity index is 772. The quantitative estimate of drug-likeness (QED) is 0.769. The van der Waals surface area contributed by atoms with Crippen LogP contribution in [0, 0.1) is 0 Å². The Labute approximate surface area is 165 Å². The molecule has 1 saturated heterocycles. The number of hydrogen-bond acceptors (Lipinski definition) is 4. The van der Waals surface area contributed by atoms with Crippen molar-refractivity contribution in [1.29, 1.82) is 0 Å². The van der Waals surface area contributed by atoms with Gasteiger partial charge in [-0.1, -0.05) is 30.3 Å². The minimum Gasteiger partial charge on any atom is -0.493 e. The van der Waals surface area contributed by atoms with Crippen LogP contribution in [0.5, 0.6) is 5.75 Å². The number of anilines is 1. The number of piperazine rings is 1. The van der Waals surface area contributed by atoms with Gasteiger partial charge in [-0.25, -0.2) is 4.79 Å². The van der Waals surface area contributed by atoms with Crippen molar-refractivity contribution >= 4 is 17.6 Å². The highest BCUT2D eigenvalue weighted by molar-refractivity contribution is 5.89. The fourth-order valence-corrected chi connectivity index (χ4v) is 3.06. The molecule has 1 heterocycles. The van der Waals surface area contributed by atoms with Crippen molar-refractivity contribution in [1.82, 2.24) is 9.80 Å². The summed E-state index contributed by atoms with van der Waals surface area (Å²) >= 11 is 0. The Morgan fingerprint density at radius 3 is 2.29 bits per heavy atom. The highest BCUT2D eigenvalue weighted by atomic mass is 16.5. The van der Waals surface area contributed by atoms with Crippen LogP contribution < -0.4 is 15.8 Å². The summed E-state index contributed by atoms with van der Waals surface area (Å²) in [5, 5.41) is 2.92. The number of nitrogens with zero attached hydrogens (tertiary/aromatic N) is 2. The van der Waals surface area contributed by atoms with Gasteiger partial charge in [0.15, 0.2) is 0 Å². The van der Waals surface area contributed by atoms with Crippen LogP contribution in [0.4, 0.5) is 10.5 Å². The third-order valence-corrected chi connectivity index (χ3v) is 4.63. The first-order chi connectivity index (χ1) is 13.6. The van der Waals surface area contributed by atoms with Crippen LogP contribution in [-0.4, -0.2) is 54.5 Å². The third-order valence-electron chi connectivity index (χ3n) is 4.63. The van der Waals surface area contributed by atoms with E-state index >= 15 is 0 Å². The van der Waals surface area contributed by atoms with E-state index in [0.717, 1.165) is 19.6 Å². The lowest BCUT2D eigenvalue weighted by Gasteiger charge is -2.34. The normalized spacial score (nSPS) is 14.5. The fraction of sp³-hybridized carbons (Fsp3) is 0.333. The second-order valence-electron chi connectivity index (χ2n) is 6.77. The molecule has 2 aromatic carbocycles. The van der Waals surface area contributed by atoms with Crippen molar-refractivity contribution in [3.63, 3.8) is 0 Å². The zero-order chi connectivity index (χ0) is 19.8. The second-order valence-corrected chi connectivity index (χ2v) is 6.77. The largest absolute Gasteiger partial charge is 0.493 e. The Hall–Kier alpha value is -3.06. The van der Waals surface area contributed by atoms with E-state index in [1.54, 1.807) is 24.3 Å². The first-order valence-corrected chi connectivity index (χ1v) is 9.43. The number of primary amides is 1. The molecule has 0 unspecified atom stereocenters. The molecule has 2 aromatic rings. The molecule has 1 fully saturated rings. The van der Waals surface area contributed by atoms with Crippen LogP contribution in [0.25, 0.3) is 0 Å². The van der Waals surface area contributed by atoms with Gasteiger partial charge >= 0.3 is 6.03 Å². The molecular formula is C21H26N4O3. The van der Waals surface area contributed by atoms with E-state index in [4.69, 9.17) is 10.5 Å². The zero-order valence-corrected chi connectivity index (χ0v) is 15.8. The Balaban J connectivity index is 1.42. The molecule has 1 aliphatic heterocycles. The number of amides is 3. The lowest BCUT2D eigenvalue weighted by Crippen LogP contribution is -2.49. The van der Waals surface area contributed by atoms with E-state index in [1.807, 2.05) is 23.1 Å². The van der Waals surface area contributed by atoms with E-state index in [1.165, 1.54) is 5.56 Å². The Morgan fingerprint density at radius 2 is 1.64 bits per heavy atom. The average Bonchev–Trinajstić information content (AvgIpc) is 2.70. The molecule has 0 radical (unpaired) electrons. The van der Waals surface area contributed by atoms with Crippen molar-refractivity contribution in [2.75, 3.05) is 38.1 Å². The first kappa shape index (κ1) is 19.7. The van der Waals surface area contributed by atoms with Crippen LogP contribution in [0.3, 0.4) is 0 Å². The lowest BCUT2D eigenvalue weighted by atomic mass is 10.2. The van der Waals surface area contributed by atoms with Crippen molar-refractivity contribution in [3.8, 4) is 5.75 Å². The van der Waals surface area contributed by atoms with Gasteiger partial charge in [-0.15, -0.1) is 0 Å². The van der Waals surface area contributed by atoms with Crippen molar-refractivity contribution in [2.45, 2.75) is 13.0 Å². The molecule has 3 N–H and O–H groups in total. The predicted octanol–water partition coefficient (Wildman–Crippen LogP) is 2.29. The Kier molecular flexibility index (Phi) is 6.86. The molecule has 7 nitrogen and oxygen atoms in total. The van der Waals surface area contributed by atoms with E-state index in [0.29, 0.717) is 24.5 Å². The van der Waals surface area contributed by atoms with Crippen molar-refractivity contribution in [2.24, 2.45) is 5.73 Å². The van der Waals surface area contributed by atoms with Crippen LogP contribution in [0.2, 0.25) is 0 Å². The molecule has 148 valence electrons. The summed E-state index contributed by atoms with van der Waals surface area (Å²) in [7, 11) is 0. The predicted molar refractivity (Wildman–Crippen MR) is 108 cm³/mol. The van der Waals surface area contributed by atoms with Gasteiger partial charge in [-0.05, 0) is 29.8 Å². The van der Waals surface area contributed by atoms with E-state index < -0.39 is 5.91 Å². The van der Waals surface area contributed by atoms with Gasteiger partial charge in [0.25, 0.3) is 0 Å². The number of nitrogens with one attached hydrogen (secondary N) is 1. The minimum atomic E-state index is -0.396. The van der Waals surface area contributed by atoms with Gasteiger partial charge in [0.1, 0.15) is 5.75 Å². The van der Waals surface area contributed by atoms with Gasteiger partial charge in [0, 0.05) is 38.4 Å². The average molecular weight is 382 g/mol. The molecule has 0 atom stereocenters. The number of hydrogen-bond donors (Lipinski definition) is 2. The number of nitrogens with two attached hydrogens (primary N) is 1. The summed E-state index contributed by atoms with van der Waals surface area (Å²) in [5.74, 6) is 0.238. The molecule has 0 aliphatic carbocycles. The molecular weight excluding hydrogens is 356 g/mol. The summed E-state index contributed by atoms with van der Waals surface area (Å²) in [5.41, 5.74) is 7.08. The molecule has 0 spiro atoms. The van der Waals surface area contributed by atoms with Gasteiger partial charge in [-0.2, -0.15) is 0 Å². The van der Waals surface area contributed by atoms with Crippen molar-refractivity contribution in [3.05, 3.63) is 60.2 Å². The lowest BCUT2D eigenvalue weighted by molar-refractivity contribution is -0.118. The summed E-state index contributed by atoms with van der Waals surface area (Å²) in [4.78, 5) is 27.4. The number of carbonyl (C=O) groups is 2. The molecule has 0 saturated carbocycles. The number of benzene rings is 2. The second kappa shape index (κ2) is 9.75. The smallest absolute Gasteiger partial charge is 0.321 e. The van der Waals surface area contributed by atoms with Gasteiger partial charge < -0.3 is 20.7 Å². The molecule has 28 heavy (non-hydrogen) atoms. The maximum Gasteiger partial charge on any atom is 0.321 e. The summed E-state index contributed by atoms with van der Waals surface area (Å²) < 4.78 is 5.42. The number of rotatable bonds is 7. The summed E-state index contributed by atoms with van der Waals surface area (Å²) in [6.07, 6.45) is 0.175. The number of urea groups is 1. The van der Waals surface area contributed by atoms with Gasteiger partial charge in [0.2, 0.25) is 5.91 Å². The van der Waals surface area contributed by atoms with E-state index in [9.17, 15) is 9.59 Å². The molecule has 3 amide bonds. The van der Waals surface area contributed by atoms with Crippen LogP contribution >= 0.6 is 0 Å². The third kappa shape index (κ3) is 5.99.